The number of unbranched alkanes of at least 4 members (excludes halogenated alkanes) is 1. The first-order valence-electron chi connectivity index (χ1n) is 6.78. The first-order valence-corrected chi connectivity index (χ1v) is 8.39. The molecule has 1 saturated carbocycles. The van der Waals surface area contributed by atoms with Crippen molar-refractivity contribution in [3.63, 3.8) is 0 Å². The van der Waals surface area contributed by atoms with Crippen molar-refractivity contribution >= 4 is 10.0 Å². The smallest absolute Gasteiger partial charge is 0.214 e. The normalized spacial score (nSPS) is 16.6. The van der Waals surface area contributed by atoms with Crippen LogP contribution in [0.15, 0.2) is 0 Å². The van der Waals surface area contributed by atoms with Gasteiger partial charge in [-0.2, -0.15) is 0 Å². The second-order valence-electron chi connectivity index (χ2n) is 4.77. The lowest BCUT2D eigenvalue weighted by Crippen LogP contribution is -2.34. The number of hydrogen-bond donors (Lipinski definition) is 1. The Hall–Kier alpha value is -0.130. The Labute approximate surface area is 106 Å². The Morgan fingerprint density at radius 1 is 1.24 bits per heavy atom. The van der Waals surface area contributed by atoms with E-state index in [-0.39, 0.29) is 0 Å². The van der Waals surface area contributed by atoms with Crippen LogP contribution in [0.1, 0.15) is 39.5 Å². The molecule has 0 radical (unpaired) electrons. The number of rotatable bonds is 10. The molecule has 0 aliphatic heterocycles. The van der Waals surface area contributed by atoms with E-state index in [2.05, 4.69) is 12.2 Å². The average Bonchev–Trinajstić information content (AvgIpc) is 3.09. The second kappa shape index (κ2) is 7.34. The molecule has 4 nitrogen and oxygen atoms in total. The summed E-state index contributed by atoms with van der Waals surface area (Å²) < 4.78 is 25.8. The predicted molar refractivity (Wildman–Crippen MR) is 71.5 cm³/mol. The van der Waals surface area contributed by atoms with Crippen LogP contribution in [0.4, 0.5) is 0 Å². The Kier molecular flexibility index (Phi) is 6.44. The van der Waals surface area contributed by atoms with E-state index in [0.29, 0.717) is 18.2 Å². The highest BCUT2D eigenvalue weighted by Gasteiger charge is 2.29. The van der Waals surface area contributed by atoms with E-state index in [1.807, 2.05) is 6.92 Å². The van der Waals surface area contributed by atoms with Crippen LogP contribution in [-0.4, -0.2) is 44.7 Å². The molecular weight excluding hydrogens is 236 g/mol. The van der Waals surface area contributed by atoms with Crippen molar-refractivity contribution in [3.05, 3.63) is 0 Å². The fourth-order valence-corrected chi connectivity index (χ4v) is 3.53. The molecule has 1 fully saturated rings. The minimum absolute atomic E-state index is 0.305. The monoisotopic (exact) mass is 262 g/mol. The average molecular weight is 262 g/mol. The van der Waals surface area contributed by atoms with Crippen LogP contribution in [0.2, 0.25) is 0 Å². The Morgan fingerprint density at radius 3 is 2.47 bits per heavy atom. The molecule has 0 aromatic rings. The molecule has 0 aromatic carbocycles. The SMILES string of the molecule is CCNCCCCS(=O)(=O)N(CC)CC1CC1. The zero-order valence-electron chi connectivity index (χ0n) is 11.1. The summed E-state index contributed by atoms with van der Waals surface area (Å²) in [6.45, 7) is 7.22. The molecule has 17 heavy (non-hydrogen) atoms. The van der Waals surface area contributed by atoms with Crippen molar-refractivity contribution in [3.8, 4) is 0 Å². The van der Waals surface area contributed by atoms with Gasteiger partial charge in [0.05, 0.1) is 5.75 Å². The molecule has 0 unspecified atom stereocenters. The third kappa shape index (κ3) is 5.84. The van der Waals surface area contributed by atoms with Crippen LogP contribution in [-0.2, 0) is 10.0 Å². The first-order chi connectivity index (χ1) is 8.10. The molecule has 0 heterocycles. The van der Waals surface area contributed by atoms with Crippen molar-refractivity contribution in [2.75, 3.05) is 31.9 Å². The highest BCUT2D eigenvalue weighted by atomic mass is 32.2. The predicted octanol–water partition coefficient (Wildman–Crippen LogP) is 1.44. The molecule has 1 N–H and O–H groups in total. The van der Waals surface area contributed by atoms with Crippen molar-refractivity contribution in [1.29, 1.82) is 0 Å². The van der Waals surface area contributed by atoms with E-state index in [1.54, 1.807) is 4.31 Å². The van der Waals surface area contributed by atoms with Gasteiger partial charge in [-0.25, -0.2) is 12.7 Å². The van der Waals surface area contributed by atoms with Crippen molar-refractivity contribution in [2.24, 2.45) is 5.92 Å². The van der Waals surface area contributed by atoms with E-state index in [0.717, 1.165) is 32.5 Å². The van der Waals surface area contributed by atoms with Gasteiger partial charge in [-0.1, -0.05) is 13.8 Å². The third-order valence-corrected chi connectivity index (χ3v) is 5.16. The minimum atomic E-state index is -3.01. The molecule has 5 heteroatoms. The van der Waals surface area contributed by atoms with E-state index in [1.165, 1.54) is 12.8 Å². The highest BCUT2D eigenvalue weighted by molar-refractivity contribution is 7.89. The van der Waals surface area contributed by atoms with Gasteiger partial charge < -0.3 is 5.32 Å². The van der Waals surface area contributed by atoms with Crippen LogP contribution in [0.3, 0.4) is 0 Å². The maximum atomic E-state index is 12.1. The lowest BCUT2D eigenvalue weighted by molar-refractivity contribution is 0.410. The van der Waals surface area contributed by atoms with Crippen molar-refractivity contribution < 1.29 is 8.42 Å². The van der Waals surface area contributed by atoms with Gasteiger partial charge in [0, 0.05) is 13.1 Å². The van der Waals surface area contributed by atoms with Crippen molar-refractivity contribution in [1.82, 2.24) is 9.62 Å². The van der Waals surface area contributed by atoms with Crippen LogP contribution < -0.4 is 5.32 Å². The van der Waals surface area contributed by atoms with E-state index < -0.39 is 10.0 Å². The first kappa shape index (κ1) is 14.9. The fourth-order valence-electron chi connectivity index (χ4n) is 1.87. The zero-order valence-corrected chi connectivity index (χ0v) is 11.9. The summed E-state index contributed by atoms with van der Waals surface area (Å²) >= 11 is 0. The van der Waals surface area contributed by atoms with E-state index in [4.69, 9.17) is 0 Å². The zero-order chi connectivity index (χ0) is 12.7. The second-order valence-corrected chi connectivity index (χ2v) is 6.86. The third-order valence-electron chi connectivity index (χ3n) is 3.16. The standard InChI is InChI=1S/C12H26N2O2S/c1-3-13-9-5-6-10-17(15,16)14(4-2)11-12-7-8-12/h12-13H,3-11H2,1-2H3. The van der Waals surface area contributed by atoms with Gasteiger partial charge in [-0.15, -0.1) is 0 Å². The fraction of sp³-hybridized carbons (Fsp3) is 1.00. The molecule has 0 bridgehead atoms. The summed E-state index contributed by atoms with van der Waals surface area (Å²) in [5.74, 6) is 0.936. The Bertz CT molecular complexity index is 300. The van der Waals surface area contributed by atoms with Gasteiger partial charge in [0.1, 0.15) is 0 Å². The maximum Gasteiger partial charge on any atom is 0.214 e. The lowest BCUT2D eigenvalue weighted by Gasteiger charge is -2.20. The van der Waals surface area contributed by atoms with Crippen molar-refractivity contribution in [2.45, 2.75) is 39.5 Å². The molecule has 0 spiro atoms. The summed E-state index contributed by atoms with van der Waals surface area (Å²) in [6, 6.07) is 0. The molecule has 1 aliphatic rings. The molecular formula is C12H26N2O2S. The van der Waals surface area contributed by atoms with Gasteiger partial charge in [0.25, 0.3) is 0 Å². The Morgan fingerprint density at radius 2 is 1.94 bits per heavy atom. The molecule has 1 aliphatic carbocycles. The number of hydrogen-bond acceptors (Lipinski definition) is 3. The van der Waals surface area contributed by atoms with Gasteiger partial charge in [0.2, 0.25) is 10.0 Å². The van der Waals surface area contributed by atoms with Crippen LogP contribution in [0, 0.1) is 5.92 Å². The summed E-state index contributed by atoms with van der Waals surface area (Å²) in [7, 11) is -3.01. The van der Waals surface area contributed by atoms with E-state index >= 15 is 0 Å². The largest absolute Gasteiger partial charge is 0.317 e. The highest BCUT2D eigenvalue weighted by Crippen LogP contribution is 2.30. The summed E-state index contributed by atoms with van der Waals surface area (Å²) in [6.07, 6.45) is 4.10. The summed E-state index contributed by atoms with van der Waals surface area (Å²) in [4.78, 5) is 0. The Balaban J connectivity index is 2.26. The molecule has 0 atom stereocenters. The molecule has 102 valence electrons. The van der Waals surface area contributed by atoms with Gasteiger partial charge in [-0.05, 0) is 44.7 Å². The van der Waals surface area contributed by atoms with Gasteiger partial charge in [-0.3, -0.25) is 0 Å². The number of nitrogens with zero attached hydrogens (tertiary/aromatic N) is 1. The number of sulfonamides is 1. The van der Waals surface area contributed by atoms with Crippen LogP contribution in [0.25, 0.3) is 0 Å². The van der Waals surface area contributed by atoms with Gasteiger partial charge >= 0.3 is 0 Å². The lowest BCUT2D eigenvalue weighted by atomic mass is 10.3. The quantitative estimate of drug-likeness (QED) is 0.606. The summed E-state index contributed by atoms with van der Waals surface area (Å²) in [5.41, 5.74) is 0. The maximum absolute atomic E-state index is 12.1. The topological polar surface area (TPSA) is 49.4 Å². The number of nitrogens with one attached hydrogen (secondary N) is 1. The van der Waals surface area contributed by atoms with Gasteiger partial charge in [0.15, 0.2) is 0 Å². The minimum Gasteiger partial charge on any atom is -0.317 e. The summed E-state index contributed by atoms with van der Waals surface area (Å²) in [5, 5.41) is 3.21. The van der Waals surface area contributed by atoms with Crippen LogP contribution >= 0.6 is 0 Å². The molecule has 0 aromatic heterocycles. The van der Waals surface area contributed by atoms with E-state index in [9.17, 15) is 8.42 Å². The molecule has 0 amide bonds. The molecule has 0 saturated heterocycles. The molecule has 1 rings (SSSR count). The van der Waals surface area contributed by atoms with Crippen LogP contribution in [0.5, 0.6) is 0 Å².